The van der Waals surface area contributed by atoms with Gasteiger partial charge in [-0.05, 0) is 19.1 Å². The summed E-state index contributed by atoms with van der Waals surface area (Å²) in [5.41, 5.74) is 0. The van der Waals surface area contributed by atoms with Crippen molar-refractivity contribution in [1.82, 2.24) is 0 Å². The summed E-state index contributed by atoms with van der Waals surface area (Å²) in [5, 5.41) is 0. The van der Waals surface area contributed by atoms with Gasteiger partial charge in [0, 0.05) is 0 Å². The normalized spacial score (nSPS) is 39.8. The van der Waals surface area contributed by atoms with Crippen LogP contribution < -0.4 is 0 Å². The molecule has 4 nitrogen and oxygen atoms in total. The van der Waals surface area contributed by atoms with Crippen molar-refractivity contribution >= 4 is 5.78 Å². The predicted molar refractivity (Wildman–Crippen MR) is 44.2 cm³/mol. The molecule has 0 unspecified atom stereocenters. The number of hydrogen-bond donors (Lipinski definition) is 0. The second-order valence-electron chi connectivity index (χ2n) is 3.18. The summed E-state index contributed by atoms with van der Waals surface area (Å²) in [4.78, 5) is 11.0. The fraction of sp³-hybridized carbons (Fsp3) is 0.667. The van der Waals surface area contributed by atoms with Gasteiger partial charge >= 0.3 is 0 Å². The van der Waals surface area contributed by atoms with Crippen LogP contribution in [0.3, 0.4) is 0 Å². The monoisotopic (exact) mass is 184 g/mol. The van der Waals surface area contributed by atoms with E-state index >= 15 is 0 Å². The first-order chi connectivity index (χ1) is 6.25. The molecule has 1 saturated heterocycles. The number of rotatable bonds is 0. The fourth-order valence-electron chi connectivity index (χ4n) is 1.43. The van der Waals surface area contributed by atoms with Gasteiger partial charge in [0.2, 0.25) is 0 Å². The van der Waals surface area contributed by atoms with Crippen LogP contribution in [0.15, 0.2) is 12.2 Å². The third kappa shape index (κ3) is 1.96. The molecule has 4 heteroatoms. The Morgan fingerprint density at radius 1 is 1.46 bits per heavy atom. The van der Waals surface area contributed by atoms with Crippen LogP contribution in [-0.4, -0.2) is 37.5 Å². The molecule has 0 saturated carbocycles. The van der Waals surface area contributed by atoms with Gasteiger partial charge in [-0.25, -0.2) is 0 Å². The van der Waals surface area contributed by atoms with Gasteiger partial charge < -0.3 is 14.2 Å². The van der Waals surface area contributed by atoms with Crippen LogP contribution in [0, 0.1) is 0 Å². The number of hydrogen-bond acceptors (Lipinski definition) is 4. The number of ether oxygens (including phenoxy) is 3. The average molecular weight is 184 g/mol. The molecule has 1 fully saturated rings. The standard InChI is InChI=1S/C9H12O4/c1-6-11-5-9-8(13-6)3-2-7(10)4-12-9/h2-3,6,8-9H,4-5H2,1H3/t6-,8+,9-/m1/s1. The zero-order valence-electron chi connectivity index (χ0n) is 7.43. The molecule has 72 valence electrons. The molecule has 2 aliphatic rings. The highest BCUT2D eigenvalue weighted by Gasteiger charge is 2.30. The number of carbonyl (C=O) groups is 1. The molecule has 0 amide bonds. The molecule has 0 N–H and O–H groups in total. The van der Waals surface area contributed by atoms with Crippen LogP contribution in [-0.2, 0) is 19.0 Å². The summed E-state index contributed by atoms with van der Waals surface area (Å²) in [6.45, 7) is 2.44. The van der Waals surface area contributed by atoms with Crippen molar-refractivity contribution in [3.8, 4) is 0 Å². The minimum Gasteiger partial charge on any atom is -0.365 e. The smallest absolute Gasteiger partial charge is 0.181 e. The van der Waals surface area contributed by atoms with Crippen LogP contribution in [0.1, 0.15) is 6.92 Å². The van der Waals surface area contributed by atoms with E-state index < -0.39 is 0 Å². The molecule has 3 atom stereocenters. The molecule has 0 radical (unpaired) electrons. The summed E-state index contributed by atoms with van der Waals surface area (Å²) in [7, 11) is 0. The van der Waals surface area contributed by atoms with E-state index in [2.05, 4.69) is 0 Å². The predicted octanol–water partition coefficient (Wildman–Crippen LogP) is 0.272. The maximum absolute atomic E-state index is 11.0. The van der Waals surface area contributed by atoms with Crippen LogP contribution in [0.4, 0.5) is 0 Å². The van der Waals surface area contributed by atoms with E-state index in [0.717, 1.165) is 0 Å². The van der Waals surface area contributed by atoms with E-state index in [4.69, 9.17) is 14.2 Å². The first-order valence-electron chi connectivity index (χ1n) is 4.35. The van der Waals surface area contributed by atoms with Crippen LogP contribution in [0.5, 0.6) is 0 Å². The van der Waals surface area contributed by atoms with Gasteiger partial charge in [0.25, 0.3) is 0 Å². The topological polar surface area (TPSA) is 44.8 Å². The average Bonchev–Trinajstić information content (AvgIpc) is 2.29. The first-order valence-corrected chi connectivity index (χ1v) is 4.35. The summed E-state index contributed by atoms with van der Waals surface area (Å²) in [5.74, 6) is -0.0225. The largest absolute Gasteiger partial charge is 0.365 e. The summed E-state index contributed by atoms with van der Waals surface area (Å²) >= 11 is 0. The van der Waals surface area contributed by atoms with E-state index in [9.17, 15) is 4.79 Å². The van der Waals surface area contributed by atoms with Gasteiger partial charge in [0.15, 0.2) is 12.1 Å². The molecule has 2 heterocycles. The second kappa shape index (κ2) is 3.57. The lowest BCUT2D eigenvalue weighted by molar-refractivity contribution is -0.238. The molecule has 2 aliphatic heterocycles. The Labute approximate surface area is 76.5 Å². The number of fused-ring (bicyclic) bond motifs is 1. The minimum absolute atomic E-state index is 0.0225. The Bertz CT molecular complexity index is 236. The van der Waals surface area contributed by atoms with Crippen molar-refractivity contribution in [3.63, 3.8) is 0 Å². The van der Waals surface area contributed by atoms with Crippen molar-refractivity contribution in [2.45, 2.75) is 25.4 Å². The SMILES string of the molecule is C[C@@H]1OC[C@H]2OCC(=O)C=C[C@@H]2O1. The number of carbonyl (C=O) groups excluding carboxylic acids is 1. The van der Waals surface area contributed by atoms with Crippen molar-refractivity contribution in [1.29, 1.82) is 0 Å². The molecule has 0 spiro atoms. The molecule has 0 aromatic heterocycles. The van der Waals surface area contributed by atoms with E-state index in [1.165, 1.54) is 6.08 Å². The first kappa shape index (κ1) is 8.87. The molecule has 0 aromatic rings. The van der Waals surface area contributed by atoms with E-state index in [1.807, 2.05) is 6.92 Å². The van der Waals surface area contributed by atoms with Crippen molar-refractivity contribution in [2.24, 2.45) is 0 Å². The summed E-state index contributed by atoms with van der Waals surface area (Å²) in [6.07, 6.45) is 2.76. The second-order valence-corrected chi connectivity index (χ2v) is 3.18. The maximum atomic E-state index is 11.0. The van der Waals surface area contributed by atoms with Gasteiger partial charge in [-0.2, -0.15) is 0 Å². The summed E-state index contributed by atoms with van der Waals surface area (Å²) in [6, 6.07) is 0. The highest BCUT2D eigenvalue weighted by molar-refractivity contribution is 5.91. The van der Waals surface area contributed by atoms with Crippen LogP contribution in [0.2, 0.25) is 0 Å². The van der Waals surface area contributed by atoms with E-state index in [0.29, 0.717) is 6.61 Å². The maximum Gasteiger partial charge on any atom is 0.181 e. The Balaban J connectivity index is 2.08. The minimum atomic E-state index is -0.220. The van der Waals surface area contributed by atoms with Gasteiger partial charge in [-0.1, -0.05) is 0 Å². The number of ketones is 1. The molecule has 0 aliphatic carbocycles. The molecular weight excluding hydrogens is 172 g/mol. The van der Waals surface area contributed by atoms with E-state index in [-0.39, 0.29) is 30.9 Å². The lowest BCUT2D eigenvalue weighted by atomic mass is 10.2. The Kier molecular flexibility index (Phi) is 2.44. The van der Waals surface area contributed by atoms with Crippen molar-refractivity contribution < 1.29 is 19.0 Å². The molecule has 0 aromatic carbocycles. The quantitative estimate of drug-likeness (QED) is 0.542. The Morgan fingerprint density at radius 3 is 3.15 bits per heavy atom. The Morgan fingerprint density at radius 2 is 2.31 bits per heavy atom. The van der Waals surface area contributed by atoms with Gasteiger partial charge in [-0.3, -0.25) is 4.79 Å². The lowest BCUT2D eigenvalue weighted by Crippen LogP contribution is -2.42. The third-order valence-electron chi connectivity index (χ3n) is 2.12. The third-order valence-corrected chi connectivity index (χ3v) is 2.12. The summed E-state index contributed by atoms with van der Waals surface area (Å²) < 4.78 is 16.0. The molecule has 13 heavy (non-hydrogen) atoms. The van der Waals surface area contributed by atoms with Crippen molar-refractivity contribution in [3.05, 3.63) is 12.2 Å². The Hall–Kier alpha value is -0.710. The van der Waals surface area contributed by atoms with Gasteiger partial charge in [-0.15, -0.1) is 0 Å². The highest BCUT2D eigenvalue weighted by Crippen LogP contribution is 2.18. The van der Waals surface area contributed by atoms with Gasteiger partial charge in [0.1, 0.15) is 18.8 Å². The molecule has 0 bridgehead atoms. The molecule has 2 rings (SSSR count). The van der Waals surface area contributed by atoms with E-state index in [1.54, 1.807) is 6.08 Å². The zero-order valence-corrected chi connectivity index (χ0v) is 7.43. The highest BCUT2D eigenvalue weighted by atomic mass is 16.7. The molecular formula is C9H12O4. The van der Waals surface area contributed by atoms with Gasteiger partial charge in [0.05, 0.1) is 6.61 Å². The lowest BCUT2D eigenvalue weighted by Gasteiger charge is -2.32. The zero-order chi connectivity index (χ0) is 9.26. The van der Waals surface area contributed by atoms with Crippen LogP contribution >= 0.6 is 0 Å². The fourth-order valence-corrected chi connectivity index (χ4v) is 1.43. The van der Waals surface area contributed by atoms with Crippen molar-refractivity contribution in [2.75, 3.05) is 13.2 Å². The van der Waals surface area contributed by atoms with Crippen LogP contribution in [0.25, 0.3) is 0 Å².